The molecule has 190 valence electrons. The van der Waals surface area contributed by atoms with Crippen LogP contribution in [-0.4, -0.2) is 36.9 Å². The van der Waals surface area contributed by atoms with Crippen LogP contribution in [0.3, 0.4) is 0 Å². The number of hydrogen-bond acceptors (Lipinski definition) is 4. The fraction of sp³-hybridized carbons (Fsp3) is 0.593. The molecule has 1 aromatic heterocycles. The van der Waals surface area contributed by atoms with Gasteiger partial charge in [0.2, 0.25) is 0 Å². The highest BCUT2D eigenvalue weighted by Gasteiger charge is 2.41. The van der Waals surface area contributed by atoms with Crippen LogP contribution in [-0.2, 0) is 6.42 Å². The minimum absolute atomic E-state index is 0.0616. The average molecular weight is 510 g/mol. The lowest BCUT2D eigenvalue weighted by atomic mass is 9.69. The number of hydrogen-bond donors (Lipinski definition) is 2. The number of ether oxygens (including phenoxy) is 1. The molecule has 0 spiro atoms. The van der Waals surface area contributed by atoms with Gasteiger partial charge in [-0.2, -0.15) is 0 Å². The number of aliphatic hydroxyl groups excluding tert-OH is 1. The van der Waals surface area contributed by atoms with E-state index in [2.05, 4.69) is 34.6 Å². The van der Waals surface area contributed by atoms with Crippen molar-refractivity contribution in [2.24, 2.45) is 11.3 Å². The molecule has 1 aromatic carbocycles. The molecule has 1 heterocycles. The molecule has 0 aliphatic rings. The fourth-order valence-corrected chi connectivity index (χ4v) is 5.35. The van der Waals surface area contributed by atoms with Crippen molar-refractivity contribution in [1.29, 1.82) is 0 Å². The number of aromatic nitrogens is 1. The number of methoxy groups -OCH3 is 1. The van der Waals surface area contributed by atoms with Gasteiger partial charge in [-0.05, 0) is 65.6 Å². The minimum Gasteiger partial charge on any atom is -0.495 e. The van der Waals surface area contributed by atoms with Gasteiger partial charge in [0.25, 0.3) is 0 Å². The van der Waals surface area contributed by atoms with Crippen LogP contribution >= 0.6 is 11.6 Å². The van der Waals surface area contributed by atoms with Crippen molar-refractivity contribution in [2.75, 3.05) is 13.7 Å². The summed E-state index contributed by atoms with van der Waals surface area (Å²) in [5, 5.41) is 10.4. The van der Waals surface area contributed by atoms with Crippen LogP contribution < -0.4 is 4.74 Å². The van der Waals surface area contributed by atoms with E-state index in [1.165, 1.54) is 6.07 Å². The van der Waals surface area contributed by atoms with Crippen molar-refractivity contribution in [2.45, 2.75) is 77.9 Å². The minimum atomic E-state index is -2.35. The topological polar surface area (TPSA) is 62.6 Å². The van der Waals surface area contributed by atoms with Gasteiger partial charge in [-0.1, -0.05) is 58.4 Å². The van der Waals surface area contributed by atoms with Crippen molar-refractivity contribution in [3.8, 4) is 5.75 Å². The molecule has 2 aromatic rings. The van der Waals surface area contributed by atoms with E-state index >= 15 is 0 Å². The lowest BCUT2D eigenvalue weighted by Crippen LogP contribution is -2.40. The van der Waals surface area contributed by atoms with Crippen molar-refractivity contribution in [3.05, 3.63) is 58.1 Å². The Kier molecular flexibility index (Phi) is 9.36. The number of aliphatic hydroxyl groups is 1. The van der Waals surface area contributed by atoms with Crippen molar-refractivity contribution >= 4 is 19.9 Å². The Morgan fingerprint density at radius 2 is 1.82 bits per heavy atom. The molecule has 0 saturated carbocycles. The predicted molar refractivity (Wildman–Crippen MR) is 141 cm³/mol. The highest BCUT2D eigenvalue weighted by Crippen LogP contribution is 2.48. The lowest BCUT2D eigenvalue weighted by molar-refractivity contribution is 0.124. The van der Waals surface area contributed by atoms with Crippen molar-refractivity contribution in [1.82, 2.24) is 4.98 Å². The molecule has 1 unspecified atom stereocenters. The zero-order valence-electron chi connectivity index (χ0n) is 21.9. The van der Waals surface area contributed by atoms with Crippen LogP contribution in [0.1, 0.15) is 70.2 Å². The van der Waals surface area contributed by atoms with Gasteiger partial charge in [-0.25, -0.2) is 4.39 Å². The monoisotopic (exact) mass is 509 g/mol. The van der Waals surface area contributed by atoms with E-state index in [1.807, 2.05) is 19.2 Å². The molecule has 0 aliphatic carbocycles. The smallest absolute Gasteiger partial charge is 0.188 e. The molecule has 4 nitrogen and oxygen atoms in total. The Morgan fingerprint density at radius 3 is 2.35 bits per heavy atom. The van der Waals surface area contributed by atoms with Crippen LogP contribution in [0.4, 0.5) is 4.39 Å². The van der Waals surface area contributed by atoms with Crippen LogP contribution in [0.2, 0.25) is 23.2 Å². The van der Waals surface area contributed by atoms with Gasteiger partial charge in [-0.15, -0.1) is 0 Å². The van der Waals surface area contributed by atoms with E-state index < -0.39 is 14.1 Å². The Bertz CT molecular complexity index is 969. The molecular formula is C27H41ClFNO3Si. The molecule has 7 heteroatoms. The van der Waals surface area contributed by atoms with Gasteiger partial charge in [0, 0.05) is 18.5 Å². The quantitative estimate of drug-likeness (QED) is 0.339. The normalized spacial score (nSPS) is 14.7. The first-order valence-corrected chi connectivity index (χ1v) is 15.2. The van der Waals surface area contributed by atoms with Crippen LogP contribution in [0.15, 0.2) is 30.5 Å². The molecule has 34 heavy (non-hydrogen) atoms. The standard InChI is InChI=1S/C27H41ClFNO3Si/c1-26(2,3)21(12-13-27(4,5)34(7,8)32)20(17-31)25-23(33-6)15-18(16-30-25)14-19-10-9-11-22(28)24(19)29/h9-11,15-16,20-21,31-32H,12-14,17H2,1-8H3/t20?,21-/m0/s1. The Morgan fingerprint density at radius 1 is 1.18 bits per heavy atom. The summed E-state index contributed by atoms with van der Waals surface area (Å²) in [6, 6.07) is 6.84. The van der Waals surface area contributed by atoms with Gasteiger partial charge in [0.15, 0.2) is 8.32 Å². The SMILES string of the molecule is COc1cc(Cc2cccc(Cl)c2F)cnc1C(CO)[C@H](CCC(C)(C)[Si](C)(C)O)C(C)(C)C. The summed E-state index contributed by atoms with van der Waals surface area (Å²) in [6.45, 7) is 14.7. The first-order chi connectivity index (χ1) is 15.6. The van der Waals surface area contributed by atoms with Crippen LogP contribution in [0, 0.1) is 17.2 Å². The van der Waals surface area contributed by atoms with E-state index in [0.29, 0.717) is 23.4 Å². The molecule has 0 amide bonds. The molecule has 0 bridgehead atoms. The fourth-order valence-electron chi connectivity index (χ4n) is 4.40. The zero-order valence-corrected chi connectivity index (χ0v) is 23.6. The van der Waals surface area contributed by atoms with E-state index in [4.69, 9.17) is 21.3 Å². The highest BCUT2D eigenvalue weighted by atomic mass is 35.5. The summed E-state index contributed by atoms with van der Waals surface area (Å²) < 4.78 is 20.1. The van der Waals surface area contributed by atoms with E-state index in [-0.39, 0.29) is 33.9 Å². The second kappa shape index (κ2) is 11.1. The summed E-state index contributed by atoms with van der Waals surface area (Å²) >= 11 is 5.94. The van der Waals surface area contributed by atoms with Gasteiger partial charge < -0.3 is 14.6 Å². The number of benzene rings is 1. The number of rotatable bonds is 10. The molecule has 0 saturated heterocycles. The van der Waals surface area contributed by atoms with Gasteiger partial charge in [0.1, 0.15) is 11.6 Å². The van der Waals surface area contributed by atoms with E-state index in [0.717, 1.165) is 18.4 Å². The lowest BCUT2D eigenvalue weighted by Gasteiger charge is -2.41. The van der Waals surface area contributed by atoms with Gasteiger partial charge >= 0.3 is 0 Å². The molecule has 0 radical (unpaired) electrons. The second-order valence-electron chi connectivity index (χ2n) is 11.6. The Hall–Kier alpha value is -1.47. The number of halogens is 2. The largest absolute Gasteiger partial charge is 0.495 e. The molecule has 2 atom stereocenters. The summed E-state index contributed by atoms with van der Waals surface area (Å²) in [7, 11) is -0.758. The van der Waals surface area contributed by atoms with Crippen LogP contribution in [0.25, 0.3) is 0 Å². The summed E-state index contributed by atoms with van der Waals surface area (Å²) in [5.74, 6) is 0.0486. The first kappa shape index (κ1) is 28.8. The van der Waals surface area contributed by atoms with Gasteiger partial charge in [0.05, 0.1) is 24.4 Å². The third-order valence-electron chi connectivity index (χ3n) is 7.47. The van der Waals surface area contributed by atoms with Crippen LogP contribution in [0.5, 0.6) is 5.75 Å². The third-order valence-corrected chi connectivity index (χ3v) is 11.3. The maximum atomic E-state index is 14.4. The third kappa shape index (κ3) is 6.81. The van der Waals surface area contributed by atoms with Gasteiger partial charge in [-0.3, -0.25) is 4.98 Å². The maximum Gasteiger partial charge on any atom is 0.188 e. The van der Waals surface area contributed by atoms with E-state index in [1.54, 1.807) is 25.4 Å². The van der Waals surface area contributed by atoms with E-state index in [9.17, 15) is 14.3 Å². The molecule has 2 N–H and O–H groups in total. The molecule has 0 aliphatic heterocycles. The summed E-state index contributed by atoms with van der Waals surface area (Å²) in [5.41, 5.74) is 1.91. The zero-order chi connectivity index (χ0) is 25.9. The molecule has 0 fully saturated rings. The Balaban J connectivity index is 2.39. The molecular weight excluding hydrogens is 469 g/mol. The maximum absolute atomic E-state index is 14.4. The summed E-state index contributed by atoms with van der Waals surface area (Å²) in [6.07, 6.45) is 3.77. The number of nitrogens with zero attached hydrogens (tertiary/aromatic N) is 1. The highest BCUT2D eigenvalue weighted by molar-refractivity contribution is 6.72. The first-order valence-electron chi connectivity index (χ1n) is 11.9. The number of pyridine rings is 1. The molecule has 2 rings (SSSR count). The Labute approximate surface area is 210 Å². The second-order valence-corrected chi connectivity index (χ2v) is 16.4. The predicted octanol–water partition coefficient (Wildman–Crippen LogP) is 6.97. The van der Waals surface area contributed by atoms with Crippen molar-refractivity contribution < 1.29 is 19.0 Å². The average Bonchev–Trinajstić information content (AvgIpc) is 2.73. The van der Waals surface area contributed by atoms with Crippen molar-refractivity contribution in [3.63, 3.8) is 0 Å². The summed E-state index contributed by atoms with van der Waals surface area (Å²) in [4.78, 5) is 15.5.